The summed E-state index contributed by atoms with van der Waals surface area (Å²) in [5.41, 5.74) is 6.85. The maximum atomic E-state index is 9.61. The first-order valence-corrected chi connectivity index (χ1v) is 4.01. The van der Waals surface area contributed by atoms with E-state index in [1.165, 1.54) is 0 Å². The maximum absolute atomic E-state index is 9.61. The largest absolute Gasteiger partial charge is 0.505 e. The van der Waals surface area contributed by atoms with Crippen LogP contribution >= 0.6 is 17.0 Å². The van der Waals surface area contributed by atoms with Crippen molar-refractivity contribution in [3.8, 4) is 5.75 Å². The molecule has 0 saturated carbocycles. The molecule has 0 heterocycles. The van der Waals surface area contributed by atoms with Gasteiger partial charge in [0.25, 0.3) is 0 Å². The molecule has 1 aromatic rings. The van der Waals surface area contributed by atoms with E-state index in [-0.39, 0.29) is 28.1 Å². The number of nitrogens with two attached hydrogens (primary N) is 1. The highest BCUT2D eigenvalue weighted by Crippen LogP contribution is 2.33. The number of hydrogen-bond donors (Lipinski definition) is 2. The smallest absolute Gasteiger partial charge is 0.142 e. The van der Waals surface area contributed by atoms with Gasteiger partial charge in [0.15, 0.2) is 0 Å². The third-order valence-corrected chi connectivity index (χ3v) is 1.88. The van der Waals surface area contributed by atoms with Gasteiger partial charge in [-0.3, -0.25) is 0 Å². The number of phenols is 1. The number of benzene rings is 1. The van der Waals surface area contributed by atoms with Crippen molar-refractivity contribution in [2.45, 2.75) is 26.2 Å². The predicted octanol–water partition coefficient (Wildman–Crippen LogP) is 2.85. The molecule has 0 saturated heterocycles. The second-order valence-corrected chi connectivity index (χ2v) is 3.99. The van der Waals surface area contributed by atoms with E-state index < -0.39 is 0 Å². The number of hydrogen-bond acceptors (Lipinski definition) is 2. The molecule has 0 aromatic heterocycles. The van der Waals surface area contributed by atoms with Crippen molar-refractivity contribution in [2.75, 3.05) is 5.73 Å². The number of aromatic hydroxyl groups is 1. The maximum Gasteiger partial charge on any atom is 0.142 e. The Bertz CT molecular complexity index is 291. The topological polar surface area (TPSA) is 46.2 Å². The first-order valence-electron chi connectivity index (χ1n) is 4.01. The number of halogens is 1. The lowest BCUT2D eigenvalue weighted by atomic mass is 9.86. The molecule has 0 spiro atoms. The van der Waals surface area contributed by atoms with E-state index in [1.807, 2.05) is 32.9 Å². The molecular weight excluding hydrogens is 230 g/mol. The van der Waals surface area contributed by atoms with Gasteiger partial charge in [-0.05, 0) is 11.5 Å². The summed E-state index contributed by atoms with van der Waals surface area (Å²) in [7, 11) is 0. The Labute approximate surface area is 89.5 Å². The van der Waals surface area contributed by atoms with Crippen molar-refractivity contribution in [2.24, 2.45) is 0 Å². The molecule has 0 unspecified atom stereocenters. The van der Waals surface area contributed by atoms with E-state index in [1.54, 1.807) is 6.07 Å². The van der Waals surface area contributed by atoms with Crippen LogP contribution in [-0.4, -0.2) is 5.11 Å². The van der Waals surface area contributed by atoms with E-state index in [0.29, 0.717) is 5.69 Å². The summed E-state index contributed by atoms with van der Waals surface area (Å²) in [5.74, 6) is 0.213. The summed E-state index contributed by atoms with van der Waals surface area (Å²) in [6.07, 6.45) is 0. The summed E-state index contributed by atoms with van der Waals surface area (Å²) in [4.78, 5) is 0. The molecular formula is C10H16BrNO. The Kier molecular flexibility index (Phi) is 3.79. The molecule has 0 atom stereocenters. The average molecular weight is 246 g/mol. The van der Waals surface area contributed by atoms with E-state index in [0.717, 1.165) is 5.56 Å². The highest BCUT2D eigenvalue weighted by atomic mass is 79.9. The minimum Gasteiger partial charge on any atom is -0.505 e. The number of para-hydroxylation sites is 1. The second-order valence-electron chi connectivity index (χ2n) is 3.99. The first kappa shape index (κ1) is 12.3. The number of nitrogen functional groups attached to an aromatic ring is 1. The Morgan fingerprint density at radius 1 is 1.23 bits per heavy atom. The van der Waals surface area contributed by atoms with Crippen LogP contribution in [0.1, 0.15) is 26.3 Å². The Balaban J connectivity index is 0.00000144. The normalized spacial score (nSPS) is 10.7. The van der Waals surface area contributed by atoms with Crippen molar-refractivity contribution < 1.29 is 5.11 Å². The van der Waals surface area contributed by atoms with Crippen LogP contribution in [0.25, 0.3) is 0 Å². The van der Waals surface area contributed by atoms with Crippen molar-refractivity contribution in [1.82, 2.24) is 0 Å². The number of phenolic OH excluding ortho intramolecular Hbond substituents is 1. The van der Waals surface area contributed by atoms with Crippen LogP contribution in [-0.2, 0) is 5.41 Å². The fourth-order valence-corrected chi connectivity index (χ4v) is 1.17. The van der Waals surface area contributed by atoms with E-state index in [9.17, 15) is 5.11 Å². The fraction of sp³-hybridized carbons (Fsp3) is 0.400. The van der Waals surface area contributed by atoms with Gasteiger partial charge >= 0.3 is 0 Å². The standard InChI is InChI=1S/C10H15NO.BrH/c1-10(2,3)7-5-4-6-8(11)9(7)12;/h4-6,12H,11H2,1-3H3;1H. The molecule has 0 aliphatic rings. The highest BCUT2D eigenvalue weighted by Gasteiger charge is 2.18. The molecule has 0 bridgehead atoms. The molecule has 0 fully saturated rings. The SMILES string of the molecule is Br.CC(C)(C)c1cccc(N)c1O. The van der Waals surface area contributed by atoms with Gasteiger partial charge in [-0.15, -0.1) is 17.0 Å². The van der Waals surface area contributed by atoms with Crippen LogP contribution in [0.5, 0.6) is 5.75 Å². The lowest BCUT2D eigenvalue weighted by molar-refractivity contribution is 0.449. The van der Waals surface area contributed by atoms with Crippen molar-refractivity contribution in [3.05, 3.63) is 23.8 Å². The molecule has 0 radical (unpaired) electrons. The van der Waals surface area contributed by atoms with Crippen LogP contribution in [0.3, 0.4) is 0 Å². The second kappa shape index (κ2) is 4.01. The van der Waals surface area contributed by atoms with Gasteiger partial charge in [0.2, 0.25) is 0 Å². The van der Waals surface area contributed by atoms with E-state index in [4.69, 9.17) is 5.73 Å². The highest BCUT2D eigenvalue weighted by molar-refractivity contribution is 8.93. The molecule has 2 nitrogen and oxygen atoms in total. The molecule has 1 rings (SSSR count). The summed E-state index contributed by atoms with van der Waals surface area (Å²) < 4.78 is 0. The van der Waals surface area contributed by atoms with Crippen molar-refractivity contribution in [1.29, 1.82) is 0 Å². The molecule has 3 N–H and O–H groups in total. The average Bonchev–Trinajstić information content (AvgIpc) is 1.92. The van der Waals surface area contributed by atoms with Crippen LogP contribution in [0.2, 0.25) is 0 Å². The third kappa shape index (κ3) is 2.62. The predicted molar refractivity (Wildman–Crippen MR) is 61.5 cm³/mol. The number of anilines is 1. The summed E-state index contributed by atoms with van der Waals surface area (Å²) in [5, 5.41) is 9.61. The van der Waals surface area contributed by atoms with Gasteiger partial charge in [0, 0.05) is 5.56 Å². The van der Waals surface area contributed by atoms with Crippen LogP contribution in [0.4, 0.5) is 5.69 Å². The first-order chi connectivity index (χ1) is 5.43. The van der Waals surface area contributed by atoms with Crippen LogP contribution in [0.15, 0.2) is 18.2 Å². The summed E-state index contributed by atoms with van der Waals surface area (Å²) >= 11 is 0. The monoisotopic (exact) mass is 245 g/mol. The molecule has 1 aromatic carbocycles. The van der Waals surface area contributed by atoms with Gasteiger partial charge in [-0.25, -0.2) is 0 Å². The molecule has 0 aliphatic carbocycles. The molecule has 74 valence electrons. The van der Waals surface area contributed by atoms with Gasteiger partial charge in [-0.1, -0.05) is 32.9 Å². The quantitative estimate of drug-likeness (QED) is 0.546. The van der Waals surface area contributed by atoms with Gasteiger partial charge in [0.1, 0.15) is 5.75 Å². The summed E-state index contributed by atoms with van der Waals surface area (Å²) in [6, 6.07) is 5.45. The Hall–Kier alpha value is -0.700. The molecule has 3 heteroatoms. The van der Waals surface area contributed by atoms with Crippen LogP contribution in [0, 0.1) is 0 Å². The lowest BCUT2D eigenvalue weighted by Crippen LogP contribution is -2.11. The lowest BCUT2D eigenvalue weighted by Gasteiger charge is -2.20. The van der Waals surface area contributed by atoms with E-state index in [2.05, 4.69) is 0 Å². The molecule has 0 aliphatic heterocycles. The van der Waals surface area contributed by atoms with Gasteiger partial charge in [-0.2, -0.15) is 0 Å². The zero-order valence-electron chi connectivity index (χ0n) is 8.16. The van der Waals surface area contributed by atoms with Crippen LogP contribution < -0.4 is 5.73 Å². The minimum absolute atomic E-state index is 0. The zero-order chi connectivity index (χ0) is 9.35. The summed E-state index contributed by atoms with van der Waals surface area (Å²) in [6.45, 7) is 6.13. The Morgan fingerprint density at radius 3 is 2.15 bits per heavy atom. The van der Waals surface area contributed by atoms with Crippen molar-refractivity contribution in [3.63, 3.8) is 0 Å². The van der Waals surface area contributed by atoms with Gasteiger partial charge in [0.05, 0.1) is 5.69 Å². The number of rotatable bonds is 0. The molecule has 13 heavy (non-hydrogen) atoms. The zero-order valence-corrected chi connectivity index (χ0v) is 9.88. The minimum atomic E-state index is -0.0561. The molecule has 0 amide bonds. The third-order valence-electron chi connectivity index (χ3n) is 1.88. The fourth-order valence-electron chi connectivity index (χ4n) is 1.17. The van der Waals surface area contributed by atoms with E-state index >= 15 is 0 Å². The van der Waals surface area contributed by atoms with Crippen molar-refractivity contribution >= 4 is 22.7 Å². The Morgan fingerprint density at radius 2 is 1.77 bits per heavy atom. The van der Waals surface area contributed by atoms with Gasteiger partial charge < -0.3 is 10.8 Å².